The van der Waals surface area contributed by atoms with Crippen LogP contribution in [0.2, 0.25) is 0 Å². The Hall–Kier alpha value is -11.5. The van der Waals surface area contributed by atoms with Gasteiger partial charge in [0.15, 0.2) is 0 Å². The second kappa shape index (κ2) is 43.6. The smallest absolute Gasteiger partial charge is 0.303 e. The molecule has 0 aliphatic carbocycles. The highest BCUT2D eigenvalue weighted by Crippen LogP contribution is 2.47. The number of carboxylic acid groups (broad SMARTS) is 9. The predicted molar refractivity (Wildman–Crippen MR) is 426 cm³/mol. The van der Waals surface area contributed by atoms with Crippen molar-refractivity contribution in [3.8, 4) is 0 Å². The van der Waals surface area contributed by atoms with E-state index in [2.05, 4.69) is 28.2 Å². The van der Waals surface area contributed by atoms with Gasteiger partial charge in [-0.1, -0.05) is 95.4 Å². The summed E-state index contributed by atoms with van der Waals surface area (Å²) in [4.78, 5) is 239. The molecule has 0 fully saturated rings. The minimum atomic E-state index is -1.91. The Morgan fingerprint density at radius 3 is 0.737 bits per heavy atom. The average Bonchev–Trinajstić information content (AvgIpc) is 0.690. The Bertz CT molecular complexity index is 4280. The summed E-state index contributed by atoms with van der Waals surface area (Å²) in [7, 11) is 0. The van der Waals surface area contributed by atoms with Crippen molar-refractivity contribution in [1.29, 1.82) is 0 Å². The van der Waals surface area contributed by atoms with Crippen molar-refractivity contribution in [2.75, 3.05) is 13.1 Å². The molecule has 0 radical (unpaired) electrons. The number of carbonyl (C=O) groups is 18. The molecule has 0 unspecified atom stereocenters. The van der Waals surface area contributed by atoms with Crippen molar-refractivity contribution in [2.24, 2.45) is 0 Å². The van der Waals surface area contributed by atoms with Gasteiger partial charge in [-0.25, -0.2) is 0 Å². The Kier molecular flexibility index (Phi) is 34.6. The standard InChI is InChI=1S/C85H108N6O27/c1-2-3-4-5-6-7-8-9-10-13-50-90-78(115)57-21-17-53-55-19-23-59-77-60(24-20-56(75(55)77)54-18-22-58(79(90)116)76(57)74(53)54)81(118)91(80(59)117)51-14-11-12-15-61(93)86-82(39-27-63(95)88-84(44-32-68(103)104,45-33-69(105)106)46-34-70(107)108,40-28-64(96)89-85(47-35-71(109)110,48-36-72(111)112)49-37-73(113)114)38-26-52(92)16-25-62(94)87-83(41-29-65(97)98,42-30-66(99)100)43-31-67(101)102/h17-24H,2-16,25-51H2,1H3,(H,86,93)(H,87,94)(H,88,95)(H,89,96)(H,97,98)(H,99,100)(H,101,102)(H,103,104)(H,105,106)(H,107,108)(H,109,110)(H,111,112)(H,113,114). The first-order chi connectivity index (χ1) is 56.0. The van der Waals surface area contributed by atoms with Crippen LogP contribution in [0.1, 0.15) is 305 Å². The molecule has 5 aromatic rings. The number of carbonyl (C=O) groups excluding carboxylic acids is 9. The number of hydrogen-bond donors (Lipinski definition) is 13. The molecule has 0 bridgehead atoms. The van der Waals surface area contributed by atoms with E-state index in [9.17, 15) is 132 Å². The number of unbranched alkanes of at least 4 members (excludes halogenated alkanes) is 11. The van der Waals surface area contributed by atoms with Gasteiger partial charge in [0.05, 0.1) is 0 Å². The van der Waals surface area contributed by atoms with E-state index in [4.69, 9.17) is 0 Å². The molecule has 0 spiro atoms. The van der Waals surface area contributed by atoms with Crippen LogP contribution in [0, 0.1) is 0 Å². The largest absolute Gasteiger partial charge is 0.481 e. The number of carboxylic acids is 9. The Morgan fingerprint density at radius 2 is 0.475 bits per heavy atom. The van der Waals surface area contributed by atoms with E-state index in [0.717, 1.165) is 30.6 Å². The van der Waals surface area contributed by atoms with Crippen LogP contribution in [0.5, 0.6) is 0 Å². The van der Waals surface area contributed by atoms with Crippen molar-refractivity contribution in [3.63, 3.8) is 0 Å². The zero-order valence-electron chi connectivity index (χ0n) is 66.6. The van der Waals surface area contributed by atoms with E-state index >= 15 is 0 Å². The number of fused-ring (bicyclic) bond motifs is 2. The fraction of sp³-hybridized carbons (Fsp3) is 0.553. The Balaban J connectivity index is 1.16. The van der Waals surface area contributed by atoms with Gasteiger partial charge in [0.25, 0.3) is 23.6 Å². The van der Waals surface area contributed by atoms with E-state index in [-0.39, 0.29) is 61.7 Å². The first-order valence-electron chi connectivity index (χ1n) is 40.6. The lowest BCUT2D eigenvalue weighted by Gasteiger charge is -2.38. The lowest BCUT2D eigenvalue weighted by molar-refractivity contribution is -0.141. The van der Waals surface area contributed by atoms with Crippen LogP contribution in [-0.4, -0.2) is 198 Å². The molecule has 7 rings (SSSR count). The SMILES string of the molecule is CCCCCCCCCCCCN1C(=O)c2ccc3c4ccc5c6c(ccc(c7ccc(c2c37)C1=O)c64)C(=O)N(CCCCCC(=O)NC(CCC(=O)CCC(=O)NC(CCC(=O)O)(CCC(=O)O)CCC(=O)O)(CCC(=O)NC(CCC(=O)O)(CCC(=O)O)CCC(=O)O)CCC(=O)NC(CCC(=O)O)(CCC(=O)O)CCC(=O)O)C5=O. The number of amides is 8. The quantitative estimate of drug-likeness (QED) is 0.00744. The van der Waals surface area contributed by atoms with Crippen molar-refractivity contribution >= 4 is 150 Å². The molecule has 0 saturated carbocycles. The molecular formula is C85H108N6O27. The second-order valence-corrected chi connectivity index (χ2v) is 31.6. The second-order valence-electron chi connectivity index (χ2n) is 31.6. The molecule has 2 heterocycles. The Labute approximate surface area is 680 Å². The lowest BCUT2D eigenvalue weighted by atomic mass is 9.80. The van der Waals surface area contributed by atoms with Gasteiger partial charge in [0.2, 0.25) is 23.6 Å². The predicted octanol–water partition coefficient (Wildman–Crippen LogP) is 11.3. The van der Waals surface area contributed by atoms with Crippen LogP contribution in [0.15, 0.2) is 48.5 Å². The molecule has 33 heteroatoms. The van der Waals surface area contributed by atoms with E-state index < -0.39 is 284 Å². The number of rotatable bonds is 60. The number of nitrogens with zero attached hydrogens (tertiary/aromatic N) is 2. The summed E-state index contributed by atoms with van der Waals surface area (Å²) in [5.41, 5.74) is -5.94. The van der Waals surface area contributed by atoms with E-state index in [0.29, 0.717) is 60.6 Å². The van der Waals surface area contributed by atoms with Gasteiger partial charge >= 0.3 is 53.7 Å². The minimum absolute atomic E-state index is 0.0282. The molecule has 33 nitrogen and oxygen atoms in total. The van der Waals surface area contributed by atoms with Crippen molar-refractivity contribution in [2.45, 2.75) is 286 Å². The fourth-order valence-corrected chi connectivity index (χ4v) is 16.5. The maximum atomic E-state index is 14.8. The molecule has 13 N–H and O–H groups in total. The van der Waals surface area contributed by atoms with Crippen molar-refractivity contribution in [1.82, 2.24) is 31.1 Å². The number of aliphatic carboxylic acids is 9. The molecule has 5 aromatic carbocycles. The highest BCUT2D eigenvalue weighted by atomic mass is 16.4. The average molecular weight is 1650 g/mol. The van der Waals surface area contributed by atoms with Gasteiger partial charge in [0.1, 0.15) is 5.78 Å². The van der Waals surface area contributed by atoms with Gasteiger partial charge in [0, 0.05) is 165 Å². The third-order valence-corrected chi connectivity index (χ3v) is 23.0. The summed E-state index contributed by atoms with van der Waals surface area (Å²) in [6.45, 7) is 2.33. The summed E-state index contributed by atoms with van der Waals surface area (Å²) >= 11 is 0. The molecule has 0 aromatic heterocycles. The summed E-state index contributed by atoms with van der Waals surface area (Å²) in [5, 5.41) is 103. The number of ketones is 1. The van der Waals surface area contributed by atoms with E-state index in [1.54, 1.807) is 36.4 Å². The van der Waals surface area contributed by atoms with Crippen molar-refractivity contribution in [3.05, 3.63) is 70.8 Å². The third-order valence-electron chi connectivity index (χ3n) is 23.0. The van der Waals surface area contributed by atoms with Crippen LogP contribution in [-0.2, 0) is 67.1 Å². The fourth-order valence-electron chi connectivity index (χ4n) is 16.5. The van der Waals surface area contributed by atoms with Crippen LogP contribution >= 0.6 is 0 Å². The zero-order chi connectivity index (χ0) is 86.7. The molecule has 640 valence electrons. The molecule has 0 atom stereocenters. The molecule has 2 aliphatic heterocycles. The maximum Gasteiger partial charge on any atom is 0.303 e. The number of imide groups is 2. The summed E-state index contributed by atoms with van der Waals surface area (Å²) in [6, 6.07) is 13.9. The van der Waals surface area contributed by atoms with Crippen LogP contribution in [0.25, 0.3) is 43.1 Å². The highest BCUT2D eigenvalue weighted by Gasteiger charge is 2.42. The minimum Gasteiger partial charge on any atom is -0.481 e. The van der Waals surface area contributed by atoms with Gasteiger partial charge < -0.3 is 67.2 Å². The summed E-state index contributed by atoms with van der Waals surface area (Å²) < 4.78 is 0. The molecule has 118 heavy (non-hydrogen) atoms. The zero-order valence-corrected chi connectivity index (χ0v) is 66.6. The third kappa shape index (κ3) is 26.5. The highest BCUT2D eigenvalue weighted by molar-refractivity contribution is 6.41. The van der Waals surface area contributed by atoms with Gasteiger partial charge in [-0.2, -0.15) is 0 Å². The molecular weight excluding hydrogens is 1540 g/mol. The van der Waals surface area contributed by atoms with Crippen LogP contribution < -0.4 is 21.3 Å². The maximum absolute atomic E-state index is 14.8. The topological polar surface area (TPSA) is 544 Å². The van der Waals surface area contributed by atoms with E-state index in [1.165, 1.54) is 37.0 Å². The number of hydrogen-bond acceptors (Lipinski definition) is 18. The van der Waals surface area contributed by atoms with Crippen LogP contribution in [0.3, 0.4) is 0 Å². The Morgan fingerprint density at radius 1 is 0.254 bits per heavy atom. The molecule has 2 aliphatic rings. The van der Waals surface area contributed by atoms with Crippen molar-refractivity contribution < 1.29 is 132 Å². The van der Waals surface area contributed by atoms with Gasteiger partial charge in [-0.15, -0.1) is 0 Å². The first-order valence-corrected chi connectivity index (χ1v) is 40.6. The first kappa shape index (κ1) is 93.6. The normalized spacial score (nSPS) is 13.0. The molecule has 8 amide bonds. The number of nitrogens with one attached hydrogen (secondary N) is 4. The van der Waals surface area contributed by atoms with Gasteiger partial charge in [-0.3, -0.25) is 96.1 Å². The van der Waals surface area contributed by atoms with Gasteiger partial charge in [-0.05, 0) is 153 Å². The molecule has 0 saturated heterocycles. The summed E-state index contributed by atoms with van der Waals surface area (Å²) in [5.74, 6) is -18.8. The number of Topliss-reactive ketones (excluding diaryl/α,β-unsaturated/α-hetero) is 1. The van der Waals surface area contributed by atoms with E-state index in [1.807, 2.05) is 12.1 Å². The van der Waals surface area contributed by atoms with Crippen LogP contribution in [0.4, 0.5) is 0 Å². The lowest BCUT2D eigenvalue weighted by Crippen LogP contribution is -2.53. The monoisotopic (exact) mass is 1640 g/mol. The summed E-state index contributed by atoms with van der Waals surface area (Å²) in [6.07, 6.45) is -4.04. The number of benzene rings is 5.